The van der Waals surface area contributed by atoms with Crippen molar-refractivity contribution < 1.29 is 27.5 Å². The number of carbonyl (C=O) groups is 2. The lowest BCUT2D eigenvalue weighted by atomic mass is 9.82. The third-order valence-electron chi connectivity index (χ3n) is 6.66. The first-order valence-electron chi connectivity index (χ1n) is 11.5. The van der Waals surface area contributed by atoms with Crippen LogP contribution in [0.3, 0.4) is 0 Å². The number of ether oxygens (including phenoxy) is 1. The van der Waals surface area contributed by atoms with Crippen molar-refractivity contribution in [2.45, 2.75) is 39.6 Å². The number of thiophene rings is 1. The number of amides is 2. The summed E-state index contributed by atoms with van der Waals surface area (Å²) in [4.78, 5) is 36.2. The van der Waals surface area contributed by atoms with Crippen LogP contribution in [0.15, 0.2) is 35.1 Å². The van der Waals surface area contributed by atoms with Crippen LogP contribution in [0.5, 0.6) is 0 Å². The van der Waals surface area contributed by atoms with Crippen LogP contribution in [-0.2, 0) is 20.9 Å². The summed E-state index contributed by atoms with van der Waals surface area (Å²) in [5.74, 6) is -0.950. The van der Waals surface area contributed by atoms with E-state index in [-0.39, 0.29) is 36.7 Å². The zero-order valence-corrected chi connectivity index (χ0v) is 21.0. The van der Waals surface area contributed by atoms with Crippen LogP contribution >= 0.6 is 11.3 Å². The summed E-state index contributed by atoms with van der Waals surface area (Å²) in [6.45, 7) is 7.17. The number of likely N-dealkylation sites (tertiary alicyclic amines) is 1. The van der Waals surface area contributed by atoms with Crippen molar-refractivity contribution in [3.63, 3.8) is 0 Å². The molecule has 0 aliphatic carbocycles. The van der Waals surface area contributed by atoms with Crippen LogP contribution in [0.2, 0.25) is 0 Å². The molecular weight excluding hydrogens is 495 g/mol. The quantitative estimate of drug-likeness (QED) is 0.445. The zero-order valence-electron chi connectivity index (χ0n) is 20.2. The van der Waals surface area contributed by atoms with E-state index < -0.39 is 23.2 Å². The van der Waals surface area contributed by atoms with Crippen molar-refractivity contribution in [2.24, 2.45) is 22.1 Å². The third kappa shape index (κ3) is 5.16. The average Bonchev–Trinajstić information content (AvgIpc) is 3.31. The van der Waals surface area contributed by atoms with Gasteiger partial charge in [-0.05, 0) is 18.2 Å². The van der Waals surface area contributed by atoms with Crippen molar-refractivity contribution in [3.05, 3.63) is 40.5 Å². The van der Waals surface area contributed by atoms with Gasteiger partial charge in [0.1, 0.15) is 5.70 Å². The highest BCUT2D eigenvalue weighted by Gasteiger charge is 2.51. The molecule has 2 aromatic rings. The van der Waals surface area contributed by atoms with Crippen molar-refractivity contribution in [2.75, 3.05) is 26.2 Å². The number of morpholine rings is 1. The first-order valence-corrected chi connectivity index (χ1v) is 12.4. The Bertz CT molecular complexity index is 1230. The van der Waals surface area contributed by atoms with Gasteiger partial charge in [-0.15, -0.1) is 11.3 Å². The fourth-order valence-electron chi connectivity index (χ4n) is 4.12. The highest BCUT2D eigenvalue weighted by Crippen LogP contribution is 2.39. The van der Waals surface area contributed by atoms with Crippen LogP contribution < -0.4 is 11.1 Å². The van der Waals surface area contributed by atoms with Crippen LogP contribution in [0.25, 0.3) is 10.2 Å². The van der Waals surface area contributed by atoms with E-state index in [1.165, 1.54) is 22.4 Å². The second kappa shape index (κ2) is 9.91. The first-order chi connectivity index (χ1) is 16.9. The number of nitrogens with two attached hydrogens (primary N) is 1. The molecule has 2 saturated heterocycles. The van der Waals surface area contributed by atoms with Crippen molar-refractivity contribution in [1.29, 1.82) is 0 Å². The van der Waals surface area contributed by atoms with Gasteiger partial charge in [0.05, 0.1) is 47.1 Å². The van der Waals surface area contributed by atoms with Gasteiger partial charge in [-0.2, -0.15) is 13.2 Å². The van der Waals surface area contributed by atoms with Crippen LogP contribution in [0.4, 0.5) is 13.2 Å². The van der Waals surface area contributed by atoms with E-state index in [2.05, 4.69) is 15.3 Å². The number of aliphatic imine (C=N–C) groups is 1. The van der Waals surface area contributed by atoms with Crippen molar-refractivity contribution >= 4 is 39.1 Å². The van der Waals surface area contributed by atoms with Crippen molar-refractivity contribution in [1.82, 2.24) is 15.2 Å². The summed E-state index contributed by atoms with van der Waals surface area (Å²) in [6, 6.07) is 3.32. The Labute approximate surface area is 210 Å². The molecule has 2 aliphatic heterocycles. The number of nitrogens with zero attached hydrogens (tertiary/aromatic N) is 3. The van der Waals surface area contributed by atoms with E-state index in [9.17, 15) is 22.8 Å². The molecule has 2 amide bonds. The number of hydrogen-bond donors (Lipinski definition) is 2. The molecule has 0 spiro atoms. The molecule has 2 atom stereocenters. The largest absolute Gasteiger partial charge is 0.430 e. The van der Waals surface area contributed by atoms with E-state index in [0.29, 0.717) is 40.4 Å². The predicted molar refractivity (Wildman–Crippen MR) is 130 cm³/mol. The number of halogens is 3. The van der Waals surface area contributed by atoms with Crippen molar-refractivity contribution in [3.8, 4) is 0 Å². The molecule has 0 saturated carbocycles. The second-order valence-corrected chi connectivity index (χ2v) is 10.6. The normalized spacial score (nSPS) is 23.7. The number of alkyl halides is 3. The van der Waals surface area contributed by atoms with E-state index in [0.717, 1.165) is 6.08 Å². The van der Waals surface area contributed by atoms with Crippen LogP contribution in [0.1, 0.15) is 31.2 Å². The molecule has 2 fully saturated rings. The molecule has 36 heavy (non-hydrogen) atoms. The molecule has 2 unspecified atom stereocenters. The minimum absolute atomic E-state index is 0.0582. The summed E-state index contributed by atoms with van der Waals surface area (Å²) >= 11 is 1.26. The Kier molecular flexibility index (Phi) is 7.22. The SMILES string of the molecule is CC1C(=O)N(Cc2cc3nccc(C(/C=C(\N)C(F)(F)F)=NCC4CNCCO4)c3s2)C(=O)C1(C)C. The summed E-state index contributed by atoms with van der Waals surface area (Å²) in [7, 11) is 0. The lowest BCUT2D eigenvalue weighted by Gasteiger charge is -2.22. The highest BCUT2D eigenvalue weighted by molar-refractivity contribution is 7.19. The Balaban J connectivity index is 1.70. The highest BCUT2D eigenvalue weighted by atomic mass is 32.1. The van der Waals surface area contributed by atoms with Gasteiger partial charge in [-0.1, -0.05) is 20.8 Å². The maximum atomic E-state index is 13.3. The summed E-state index contributed by atoms with van der Waals surface area (Å²) in [5.41, 5.74) is 4.29. The number of rotatable bonds is 6. The molecular formula is C24H28F3N5O3S. The van der Waals surface area contributed by atoms with Gasteiger partial charge in [0.25, 0.3) is 0 Å². The molecule has 4 heterocycles. The summed E-state index contributed by atoms with van der Waals surface area (Å²) in [6.07, 6.45) is -2.68. The topological polar surface area (TPSA) is 110 Å². The fourth-order valence-corrected chi connectivity index (χ4v) is 5.25. The maximum absolute atomic E-state index is 13.3. The monoisotopic (exact) mass is 523 g/mol. The number of hydrogen-bond acceptors (Lipinski definition) is 8. The van der Waals surface area contributed by atoms with Crippen LogP contribution in [0, 0.1) is 11.3 Å². The Morgan fingerprint density at radius 1 is 1.42 bits per heavy atom. The number of allylic oxidation sites excluding steroid dienone is 2. The molecule has 0 aromatic carbocycles. The smallest absolute Gasteiger partial charge is 0.395 e. The predicted octanol–water partition coefficient (Wildman–Crippen LogP) is 3.01. The van der Waals surface area contributed by atoms with Gasteiger partial charge in [0.15, 0.2) is 0 Å². The van der Waals surface area contributed by atoms with E-state index in [1.807, 2.05) is 0 Å². The molecule has 3 N–H and O–H groups in total. The van der Waals surface area contributed by atoms with Gasteiger partial charge < -0.3 is 15.8 Å². The first kappa shape index (κ1) is 26.2. The minimum Gasteiger partial charge on any atom is -0.395 e. The second-order valence-electron chi connectivity index (χ2n) is 9.48. The average molecular weight is 524 g/mol. The zero-order chi connectivity index (χ0) is 26.3. The molecule has 2 aromatic heterocycles. The lowest BCUT2D eigenvalue weighted by Crippen LogP contribution is -2.40. The molecule has 0 bridgehead atoms. The summed E-state index contributed by atoms with van der Waals surface area (Å²) in [5, 5.41) is 3.16. The minimum atomic E-state index is -4.71. The standard InChI is InChI=1S/C24H28F3N5O3S/c1-13-21(33)32(22(34)23(13,2)3)12-15-8-18-20(36-15)16(4-5-30-18)17(9-19(28)24(25,26)27)31-11-14-10-29-6-7-35-14/h4-5,8-9,13-14,29H,6-7,10-12,28H2,1-3H3/b19-9-,31-17?. The van der Waals surface area contributed by atoms with Gasteiger partial charge >= 0.3 is 6.18 Å². The van der Waals surface area contributed by atoms with Gasteiger partial charge in [-0.3, -0.25) is 24.5 Å². The molecule has 194 valence electrons. The van der Waals surface area contributed by atoms with Crippen LogP contribution in [-0.4, -0.2) is 65.9 Å². The molecule has 8 nitrogen and oxygen atoms in total. The Morgan fingerprint density at radius 3 is 2.78 bits per heavy atom. The number of pyridine rings is 1. The van der Waals surface area contributed by atoms with Gasteiger partial charge in [0, 0.05) is 35.6 Å². The Hall–Kier alpha value is -2.83. The molecule has 0 radical (unpaired) electrons. The number of imide groups is 1. The van der Waals surface area contributed by atoms with E-state index >= 15 is 0 Å². The number of aromatic nitrogens is 1. The number of fused-ring (bicyclic) bond motifs is 1. The maximum Gasteiger partial charge on any atom is 0.430 e. The van der Waals surface area contributed by atoms with Gasteiger partial charge in [-0.25, -0.2) is 0 Å². The number of carbonyl (C=O) groups excluding carboxylic acids is 2. The molecule has 2 aliphatic rings. The molecule has 12 heteroatoms. The third-order valence-corrected chi connectivity index (χ3v) is 7.80. The van der Waals surface area contributed by atoms with E-state index in [1.54, 1.807) is 32.9 Å². The number of nitrogens with one attached hydrogen (secondary N) is 1. The van der Waals surface area contributed by atoms with Gasteiger partial charge in [0.2, 0.25) is 11.8 Å². The Morgan fingerprint density at radius 2 is 2.17 bits per heavy atom. The summed E-state index contributed by atoms with van der Waals surface area (Å²) < 4.78 is 46.0. The lowest BCUT2D eigenvalue weighted by molar-refractivity contribution is -0.141. The molecule has 4 rings (SSSR count). The fraction of sp³-hybridized carbons (Fsp3) is 0.500. The van der Waals surface area contributed by atoms with E-state index in [4.69, 9.17) is 10.5 Å².